The molecule has 4 nitrogen and oxygen atoms in total. The highest BCUT2D eigenvalue weighted by molar-refractivity contribution is 5.46. The molecule has 0 aliphatic carbocycles. The van der Waals surface area contributed by atoms with Crippen LogP contribution in [0.1, 0.15) is 12.8 Å². The number of nitrogens with two attached hydrogens (primary N) is 1. The number of rotatable bonds is 7. The summed E-state index contributed by atoms with van der Waals surface area (Å²) >= 11 is 0. The van der Waals surface area contributed by atoms with Crippen molar-refractivity contribution >= 4 is 5.69 Å². The van der Waals surface area contributed by atoms with Crippen LogP contribution in [0.2, 0.25) is 0 Å². The predicted molar refractivity (Wildman–Crippen MR) is 64.3 cm³/mol. The van der Waals surface area contributed by atoms with Gasteiger partial charge in [-0.05, 0) is 30.7 Å². The molecule has 0 fully saturated rings. The maximum Gasteiger partial charge on any atom is 0.119 e. The van der Waals surface area contributed by atoms with Crippen molar-refractivity contribution in [3.8, 4) is 11.8 Å². The molecule has 1 rings (SSSR count). The van der Waals surface area contributed by atoms with E-state index < -0.39 is 0 Å². The molecule has 0 aliphatic rings. The number of hydrogen-bond donors (Lipinski definition) is 2. The molecule has 86 valence electrons. The molecule has 0 bridgehead atoms. The number of nitrogens with zero attached hydrogens (tertiary/aromatic N) is 1. The van der Waals surface area contributed by atoms with Crippen LogP contribution in [0.5, 0.6) is 5.75 Å². The summed E-state index contributed by atoms with van der Waals surface area (Å²) < 4.78 is 5.46. The van der Waals surface area contributed by atoms with Gasteiger partial charge in [0.25, 0.3) is 0 Å². The van der Waals surface area contributed by atoms with Crippen LogP contribution in [-0.2, 0) is 0 Å². The van der Waals surface area contributed by atoms with Gasteiger partial charge in [0, 0.05) is 25.2 Å². The van der Waals surface area contributed by atoms with Gasteiger partial charge in [0.2, 0.25) is 0 Å². The predicted octanol–water partition coefficient (Wildman–Crippen LogP) is 1.74. The molecule has 1 aromatic carbocycles. The van der Waals surface area contributed by atoms with E-state index in [4.69, 9.17) is 15.7 Å². The Labute approximate surface area is 96.0 Å². The van der Waals surface area contributed by atoms with Crippen molar-refractivity contribution in [1.29, 1.82) is 5.26 Å². The number of benzene rings is 1. The van der Waals surface area contributed by atoms with Gasteiger partial charge < -0.3 is 15.8 Å². The second kappa shape index (κ2) is 7.55. The average molecular weight is 219 g/mol. The van der Waals surface area contributed by atoms with Crippen molar-refractivity contribution in [1.82, 2.24) is 0 Å². The van der Waals surface area contributed by atoms with Crippen LogP contribution in [0, 0.1) is 11.3 Å². The smallest absolute Gasteiger partial charge is 0.119 e. The second-order valence-electron chi connectivity index (χ2n) is 3.35. The van der Waals surface area contributed by atoms with E-state index in [0.29, 0.717) is 19.6 Å². The molecule has 0 spiro atoms. The molecule has 16 heavy (non-hydrogen) atoms. The van der Waals surface area contributed by atoms with Crippen LogP contribution in [0.3, 0.4) is 0 Å². The first kappa shape index (κ1) is 12.3. The third-order valence-electron chi connectivity index (χ3n) is 2.03. The maximum absolute atomic E-state index is 8.36. The van der Waals surface area contributed by atoms with E-state index in [1.54, 1.807) is 0 Å². The van der Waals surface area contributed by atoms with Crippen LogP contribution in [0.25, 0.3) is 0 Å². The quantitative estimate of drug-likeness (QED) is 0.685. The number of nitriles is 1. The van der Waals surface area contributed by atoms with Gasteiger partial charge in [-0.2, -0.15) is 5.26 Å². The van der Waals surface area contributed by atoms with Crippen LogP contribution in [0.4, 0.5) is 5.69 Å². The summed E-state index contributed by atoms with van der Waals surface area (Å²) in [5, 5.41) is 11.5. The normalized spacial score (nSPS) is 9.50. The Hall–Kier alpha value is -1.73. The number of ether oxygens (including phenoxy) is 1. The minimum atomic E-state index is 0.538. The molecule has 1 aromatic rings. The van der Waals surface area contributed by atoms with Gasteiger partial charge in [0.05, 0.1) is 12.7 Å². The fraction of sp³-hybridized carbons (Fsp3) is 0.417. The zero-order valence-corrected chi connectivity index (χ0v) is 9.28. The van der Waals surface area contributed by atoms with E-state index in [2.05, 4.69) is 11.4 Å². The summed E-state index contributed by atoms with van der Waals surface area (Å²) in [5.41, 5.74) is 6.42. The lowest BCUT2D eigenvalue weighted by molar-refractivity contribution is 0.313. The Balaban J connectivity index is 2.31. The van der Waals surface area contributed by atoms with Crippen molar-refractivity contribution in [3.05, 3.63) is 24.3 Å². The van der Waals surface area contributed by atoms with Crippen LogP contribution >= 0.6 is 0 Å². The van der Waals surface area contributed by atoms with E-state index in [0.717, 1.165) is 24.4 Å². The first-order valence-electron chi connectivity index (χ1n) is 5.40. The molecule has 0 saturated heterocycles. The van der Waals surface area contributed by atoms with E-state index in [1.807, 2.05) is 24.3 Å². The Bertz CT molecular complexity index is 329. The monoisotopic (exact) mass is 219 g/mol. The van der Waals surface area contributed by atoms with E-state index in [-0.39, 0.29) is 0 Å². The summed E-state index contributed by atoms with van der Waals surface area (Å²) in [6, 6.07) is 9.81. The fourth-order valence-corrected chi connectivity index (χ4v) is 1.23. The third kappa shape index (κ3) is 4.67. The lowest BCUT2D eigenvalue weighted by atomic mass is 10.3. The molecule has 0 heterocycles. The molecule has 0 radical (unpaired) electrons. The zero-order valence-electron chi connectivity index (χ0n) is 9.28. The summed E-state index contributed by atoms with van der Waals surface area (Å²) in [6.07, 6.45) is 1.31. The first-order valence-corrected chi connectivity index (χ1v) is 5.40. The molecular formula is C12H17N3O. The minimum absolute atomic E-state index is 0.538. The van der Waals surface area contributed by atoms with Gasteiger partial charge in [-0.15, -0.1) is 0 Å². The Kier molecular flexibility index (Phi) is 5.82. The van der Waals surface area contributed by atoms with Crippen molar-refractivity contribution < 1.29 is 4.74 Å². The van der Waals surface area contributed by atoms with Gasteiger partial charge >= 0.3 is 0 Å². The second-order valence-corrected chi connectivity index (χ2v) is 3.35. The van der Waals surface area contributed by atoms with Gasteiger partial charge in [0.1, 0.15) is 5.75 Å². The Morgan fingerprint density at radius 1 is 1.31 bits per heavy atom. The highest BCUT2D eigenvalue weighted by Crippen LogP contribution is 2.15. The molecule has 0 saturated carbocycles. The summed E-state index contributed by atoms with van der Waals surface area (Å²) in [7, 11) is 0. The van der Waals surface area contributed by atoms with Gasteiger partial charge in [-0.1, -0.05) is 0 Å². The van der Waals surface area contributed by atoms with Crippen LogP contribution < -0.4 is 15.8 Å². The average Bonchev–Trinajstić information content (AvgIpc) is 2.33. The zero-order chi connectivity index (χ0) is 11.6. The molecule has 4 heteroatoms. The maximum atomic E-state index is 8.36. The number of hydrogen-bond acceptors (Lipinski definition) is 4. The van der Waals surface area contributed by atoms with Crippen molar-refractivity contribution in [2.75, 3.05) is 25.0 Å². The van der Waals surface area contributed by atoms with E-state index in [9.17, 15) is 0 Å². The van der Waals surface area contributed by atoms with Crippen molar-refractivity contribution in [3.63, 3.8) is 0 Å². The number of anilines is 1. The van der Waals surface area contributed by atoms with Crippen molar-refractivity contribution in [2.24, 2.45) is 5.73 Å². The van der Waals surface area contributed by atoms with Gasteiger partial charge in [0.15, 0.2) is 0 Å². The highest BCUT2D eigenvalue weighted by atomic mass is 16.5. The highest BCUT2D eigenvalue weighted by Gasteiger charge is 1.94. The molecule has 3 N–H and O–H groups in total. The molecular weight excluding hydrogens is 202 g/mol. The minimum Gasteiger partial charge on any atom is -0.494 e. The number of nitrogens with one attached hydrogen (secondary N) is 1. The summed E-state index contributed by atoms with van der Waals surface area (Å²) in [4.78, 5) is 0. The first-order chi connectivity index (χ1) is 7.86. The molecule has 0 amide bonds. The van der Waals surface area contributed by atoms with Gasteiger partial charge in [-0.25, -0.2) is 0 Å². The van der Waals surface area contributed by atoms with E-state index in [1.165, 1.54) is 0 Å². The largest absolute Gasteiger partial charge is 0.494 e. The molecule has 0 unspecified atom stereocenters. The standard InChI is InChI=1S/C12H17N3O/c13-7-1-2-10-16-12-5-3-11(4-6-12)15-9-8-14/h3-6,15H,1-2,8-10,14H2. The molecule has 0 aliphatic heterocycles. The Morgan fingerprint density at radius 2 is 2.06 bits per heavy atom. The summed E-state index contributed by atoms with van der Waals surface area (Å²) in [5.74, 6) is 0.830. The molecule has 0 atom stereocenters. The topological polar surface area (TPSA) is 71.1 Å². The third-order valence-corrected chi connectivity index (χ3v) is 2.03. The summed E-state index contributed by atoms with van der Waals surface area (Å²) in [6.45, 7) is 1.97. The number of unbranched alkanes of at least 4 members (excludes halogenated alkanes) is 1. The van der Waals surface area contributed by atoms with Gasteiger partial charge in [-0.3, -0.25) is 0 Å². The lowest BCUT2D eigenvalue weighted by Crippen LogP contribution is -2.12. The Morgan fingerprint density at radius 3 is 2.69 bits per heavy atom. The fourth-order valence-electron chi connectivity index (χ4n) is 1.23. The lowest BCUT2D eigenvalue weighted by Gasteiger charge is -2.07. The molecule has 0 aromatic heterocycles. The van der Waals surface area contributed by atoms with E-state index >= 15 is 0 Å². The van der Waals surface area contributed by atoms with Crippen LogP contribution in [0.15, 0.2) is 24.3 Å². The SMILES string of the molecule is N#CCCCOc1ccc(NCCN)cc1. The van der Waals surface area contributed by atoms with Crippen molar-refractivity contribution in [2.45, 2.75) is 12.8 Å². The van der Waals surface area contributed by atoms with Crippen LogP contribution in [-0.4, -0.2) is 19.7 Å².